The van der Waals surface area contributed by atoms with Crippen molar-refractivity contribution < 1.29 is 9.53 Å². The Balaban J connectivity index is 3.19. The zero-order chi connectivity index (χ0) is 13.7. The molecular weight excluding hydrogens is 250 g/mol. The molecule has 6 heteroatoms. The third kappa shape index (κ3) is 2.87. The fraction of sp³-hybridized carbons (Fsp3) is 0.583. The molecular formula is C12H21N3O2S. The monoisotopic (exact) mass is 271 g/mol. The van der Waals surface area contributed by atoms with Crippen LogP contribution in [0.5, 0.6) is 5.75 Å². The van der Waals surface area contributed by atoms with Gasteiger partial charge in [-0.05, 0) is 12.8 Å². The maximum absolute atomic E-state index is 11.3. The Morgan fingerprint density at radius 2 is 1.89 bits per heavy atom. The molecule has 0 atom stereocenters. The van der Waals surface area contributed by atoms with Gasteiger partial charge in [0.05, 0.1) is 7.11 Å². The predicted octanol–water partition coefficient (Wildman–Crippen LogP) is 2.06. The minimum atomic E-state index is -0.505. The van der Waals surface area contributed by atoms with Crippen molar-refractivity contribution in [3.05, 3.63) is 4.88 Å². The molecule has 0 radical (unpaired) electrons. The zero-order valence-electron chi connectivity index (χ0n) is 11.2. The number of hydrogen-bond donors (Lipinski definition) is 2. The van der Waals surface area contributed by atoms with E-state index in [4.69, 9.17) is 16.2 Å². The average Bonchev–Trinajstić information content (AvgIpc) is 2.66. The number of rotatable bonds is 7. The number of anilines is 2. The van der Waals surface area contributed by atoms with Gasteiger partial charge in [0.25, 0.3) is 5.91 Å². The number of thiophene rings is 1. The Morgan fingerprint density at radius 1 is 1.33 bits per heavy atom. The Morgan fingerprint density at radius 3 is 2.28 bits per heavy atom. The molecule has 0 aromatic carbocycles. The Bertz CT molecular complexity index is 412. The lowest BCUT2D eigenvalue weighted by molar-refractivity contribution is 0.100. The predicted molar refractivity (Wildman–Crippen MR) is 76.6 cm³/mol. The molecule has 0 saturated heterocycles. The first-order chi connectivity index (χ1) is 8.56. The second kappa shape index (κ2) is 6.49. The molecule has 1 rings (SSSR count). The number of carbonyl (C=O) groups excluding carboxylic acids is 1. The van der Waals surface area contributed by atoms with Crippen LogP contribution in [0.3, 0.4) is 0 Å². The second-order valence-corrected chi connectivity index (χ2v) is 5.03. The van der Waals surface area contributed by atoms with Gasteiger partial charge in [-0.1, -0.05) is 13.8 Å². The molecule has 102 valence electrons. The molecule has 1 amide bonds. The van der Waals surface area contributed by atoms with Crippen LogP contribution in [-0.4, -0.2) is 26.1 Å². The standard InChI is InChI=1S/C12H21N3O2S/c1-4-6-15(7-5-2)12-9(17-3)8(13)10(18-12)11(14)16/h4-7,13H2,1-3H3,(H2,14,16). The molecule has 1 heterocycles. The Kier molecular flexibility index (Phi) is 5.27. The number of primary amides is 1. The van der Waals surface area contributed by atoms with Crippen molar-refractivity contribution in [2.45, 2.75) is 26.7 Å². The van der Waals surface area contributed by atoms with Crippen LogP contribution in [-0.2, 0) is 0 Å². The van der Waals surface area contributed by atoms with E-state index in [2.05, 4.69) is 18.7 Å². The van der Waals surface area contributed by atoms with Crippen molar-refractivity contribution in [2.75, 3.05) is 30.8 Å². The summed E-state index contributed by atoms with van der Waals surface area (Å²) >= 11 is 1.31. The van der Waals surface area contributed by atoms with Crippen LogP contribution in [0.4, 0.5) is 10.7 Å². The molecule has 4 N–H and O–H groups in total. The fourth-order valence-corrected chi connectivity index (χ4v) is 2.95. The first kappa shape index (κ1) is 14.6. The van der Waals surface area contributed by atoms with Crippen molar-refractivity contribution in [2.24, 2.45) is 5.73 Å². The summed E-state index contributed by atoms with van der Waals surface area (Å²) in [7, 11) is 1.56. The van der Waals surface area contributed by atoms with Crippen molar-refractivity contribution in [1.29, 1.82) is 0 Å². The minimum Gasteiger partial charge on any atom is -0.492 e. The normalized spacial score (nSPS) is 10.4. The first-order valence-corrected chi connectivity index (χ1v) is 6.89. The maximum Gasteiger partial charge on any atom is 0.261 e. The van der Waals surface area contributed by atoms with Crippen LogP contribution in [0.1, 0.15) is 36.4 Å². The number of amides is 1. The molecule has 0 saturated carbocycles. The SMILES string of the molecule is CCCN(CCC)c1sc(C(N)=O)c(N)c1OC. The molecule has 1 aromatic heterocycles. The fourth-order valence-electron chi connectivity index (χ4n) is 1.86. The van der Waals surface area contributed by atoms with E-state index < -0.39 is 5.91 Å². The first-order valence-electron chi connectivity index (χ1n) is 6.07. The van der Waals surface area contributed by atoms with Crippen LogP contribution in [0.25, 0.3) is 0 Å². The molecule has 0 bridgehead atoms. The van der Waals surface area contributed by atoms with E-state index in [0.29, 0.717) is 16.3 Å². The third-order valence-corrected chi connectivity index (χ3v) is 3.85. The van der Waals surface area contributed by atoms with Gasteiger partial charge < -0.3 is 21.1 Å². The molecule has 0 fully saturated rings. The van der Waals surface area contributed by atoms with Crippen molar-refractivity contribution in [1.82, 2.24) is 0 Å². The quantitative estimate of drug-likeness (QED) is 0.795. The molecule has 18 heavy (non-hydrogen) atoms. The van der Waals surface area contributed by atoms with E-state index >= 15 is 0 Å². The number of ether oxygens (including phenoxy) is 1. The van der Waals surface area contributed by atoms with Crippen LogP contribution in [0, 0.1) is 0 Å². The number of nitrogen functional groups attached to an aromatic ring is 1. The van der Waals surface area contributed by atoms with Gasteiger partial charge >= 0.3 is 0 Å². The van der Waals surface area contributed by atoms with E-state index in [1.165, 1.54) is 11.3 Å². The molecule has 5 nitrogen and oxygen atoms in total. The number of hydrogen-bond acceptors (Lipinski definition) is 5. The summed E-state index contributed by atoms with van der Waals surface area (Å²) in [5, 5.41) is 0.896. The van der Waals surface area contributed by atoms with Gasteiger partial charge in [0.2, 0.25) is 0 Å². The third-order valence-electron chi connectivity index (χ3n) is 2.58. The molecule has 0 aliphatic rings. The Labute approximate surface area is 112 Å². The maximum atomic E-state index is 11.3. The summed E-state index contributed by atoms with van der Waals surface area (Å²) < 4.78 is 5.32. The van der Waals surface area contributed by atoms with Crippen LogP contribution in [0.15, 0.2) is 0 Å². The highest BCUT2D eigenvalue weighted by Gasteiger charge is 2.23. The lowest BCUT2D eigenvalue weighted by Crippen LogP contribution is -2.24. The highest BCUT2D eigenvalue weighted by Crippen LogP contribution is 2.44. The summed E-state index contributed by atoms with van der Waals surface area (Å²) in [5.41, 5.74) is 11.6. The summed E-state index contributed by atoms with van der Waals surface area (Å²) in [6.45, 7) is 6.03. The average molecular weight is 271 g/mol. The minimum absolute atomic E-state index is 0.349. The van der Waals surface area contributed by atoms with Gasteiger partial charge in [0, 0.05) is 13.1 Å². The lowest BCUT2D eigenvalue weighted by atomic mass is 10.3. The summed E-state index contributed by atoms with van der Waals surface area (Å²) in [6.07, 6.45) is 2.04. The van der Waals surface area contributed by atoms with E-state index in [1.807, 2.05) is 0 Å². The van der Waals surface area contributed by atoms with Gasteiger partial charge in [0.1, 0.15) is 15.6 Å². The summed E-state index contributed by atoms with van der Waals surface area (Å²) in [5.74, 6) is 0.0608. The van der Waals surface area contributed by atoms with Gasteiger partial charge in [-0.15, -0.1) is 11.3 Å². The van der Waals surface area contributed by atoms with Gasteiger partial charge in [-0.2, -0.15) is 0 Å². The molecule has 0 aliphatic heterocycles. The lowest BCUT2D eigenvalue weighted by Gasteiger charge is -2.22. The topological polar surface area (TPSA) is 81.6 Å². The van der Waals surface area contributed by atoms with Gasteiger partial charge in [-0.3, -0.25) is 4.79 Å². The van der Waals surface area contributed by atoms with Crippen molar-refractivity contribution >= 4 is 27.9 Å². The van der Waals surface area contributed by atoms with E-state index in [1.54, 1.807) is 7.11 Å². The van der Waals surface area contributed by atoms with E-state index in [0.717, 1.165) is 30.9 Å². The van der Waals surface area contributed by atoms with Crippen LogP contribution < -0.4 is 21.1 Å². The Hall–Kier alpha value is -1.43. The smallest absolute Gasteiger partial charge is 0.261 e. The number of nitrogens with zero attached hydrogens (tertiary/aromatic N) is 1. The summed E-state index contributed by atoms with van der Waals surface area (Å²) in [6, 6.07) is 0. The molecule has 0 unspecified atom stereocenters. The van der Waals surface area contributed by atoms with Crippen LogP contribution in [0.2, 0.25) is 0 Å². The number of methoxy groups -OCH3 is 1. The molecule has 0 spiro atoms. The highest BCUT2D eigenvalue weighted by atomic mass is 32.1. The van der Waals surface area contributed by atoms with Crippen molar-refractivity contribution in [3.63, 3.8) is 0 Å². The molecule has 0 aliphatic carbocycles. The van der Waals surface area contributed by atoms with E-state index in [-0.39, 0.29) is 0 Å². The number of carbonyl (C=O) groups is 1. The zero-order valence-corrected chi connectivity index (χ0v) is 12.0. The van der Waals surface area contributed by atoms with Gasteiger partial charge in [0.15, 0.2) is 5.75 Å². The highest BCUT2D eigenvalue weighted by molar-refractivity contribution is 7.19. The largest absolute Gasteiger partial charge is 0.492 e. The molecule has 1 aromatic rings. The van der Waals surface area contributed by atoms with Crippen LogP contribution >= 0.6 is 11.3 Å². The summed E-state index contributed by atoms with van der Waals surface area (Å²) in [4.78, 5) is 13.9. The van der Waals surface area contributed by atoms with Crippen molar-refractivity contribution in [3.8, 4) is 5.75 Å². The van der Waals surface area contributed by atoms with E-state index in [9.17, 15) is 4.79 Å². The number of nitrogens with two attached hydrogens (primary N) is 2. The second-order valence-electron chi connectivity index (χ2n) is 4.03. The van der Waals surface area contributed by atoms with Gasteiger partial charge in [-0.25, -0.2) is 0 Å².